The first-order valence-corrected chi connectivity index (χ1v) is 6.28. The number of benzene rings is 1. The highest BCUT2D eigenvalue weighted by molar-refractivity contribution is 5.71. The van der Waals surface area contributed by atoms with Crippen molar-refractivity contribution in [1.82, 2.24) is 4.98 Å². The summed E-state index contributed by atoms with van der Waals surface area (Å²) >= 11 is 0. The summed E-state index contributed by atoms with van der Waals surface area (Å²) in [4.78, 5) is 3.87. The number of nitrogens with zero attached hydrogens (tertiary/aromatic N) is 1. The number of nitrogens with two attached hydrogens (primary N) is 3. The predicted octanol–water partition coefficient (Wildman–Crippen LogP) is 2.01. The number of halogens is 3. The lowest BCUT2D eigenvalue weighted by Gasteiger charge is -2.13. The molecule has 0 saturated carbocycles. The van der Waals surface area contributed by atoms with Crippen LogP contribution in [-0.4, -0.2) is 11.3 Å². The van der Waals surface area contributed by atoms with E-state index in [1.807, 2.05) is 0 Å². The van der Waals surface area contributed by atoms with Gasteiger partial charge in [-0.1, -0.05) is 12.1 Å². The first kappa shape index (κ1) is 16.5. The zero-order chi connectivity index (χ0) is 17.0. The average molecular weight is 329 g/mol. The van der Waals surface area contributed by atoms with E-state index in [0.29, 0.717) is 5.56 Å². The van der Waals surface area contributed by atoms with Crippen molar-refractivity contribution < 1.29 is 22.6 Å². The number of pyridine rings is 1. The molecule has 0 unspecified atom stereocenters. The minimum absolute atomic E-state index is 0.0595. The minimum atomic E-state index is -4.73. The van der Waals surface area contributed by atoms with Gasteiger partial charge < -0.3 is 26.4 Å². The molecule has 0 amide bonds. The van der Waals surface area contributed by atoms with Crippen LogP contribution in [0.2, 0.25) is 0 Å². The summed E-state index contributed by atoms with van der Waals surface area (Å²) in [5.41, 5.74) is 14.4. The number of aromatic nitrogens is 1. The predicted molar refractivity (Wildman–Crippen MR) is 78.3 cm³/mol. The number of hydrogen-bond donors (Lipinski definition) is 4. The summed E-state index contributed by atoms with van der Waals surface area (Å²) in [5.74, 6) is 5.50. The van der Waals surface area contributed by atoms with Crippen molar-refractivity contribution in [1.29, 1.82) is 0 Å². The van der Waals surface area contributed by atoms with Crippen molar-refractivity contribution >= 4 is 17.3 Å². The van der Waals surface area contributed by atoms with Gasteiger partial charge in [0.25, 0.3) is 0 Å². The molecule has 0 saturated heterocycles. The molecule has 2 rings (SSSR count). The van der Waals surface area contributed by atoms with E-state index in [2.05, 4.69) is 15.1 Å². The summed E-state index contributed by atoms with van der Waals surface area (Å²) in [7, 11) is 0. The molecule has 0 atom stereocenters. The van der Waals surface area contributed by atoms with Crippen LogP contribution in [0.1, 0.15) is 5.56 Å². The Kier molecular flexibility index (Phi) is 4.65. The monoisotopic (exact) mass is 329 g/mol. The van der Waals surface area contributed by atoms with Gasteiger partial charge in [0.05, 0.1) is 0 Å². The molecule has 0 radical (unpaired) electrons. The maximum atomic E-state index is 12.1. The Bertz CT molecular complexity index is 677. The quantitative estimate of drug-likeness (QED) is 0.489. The van der Waals surface area contributed by atoms with Crippen molar-refractivity contribution in [2.75, 3.05) is 16.9 Å². The number of hydrogen-bond acceptors (Lipinski definition) is 7. The van der Waals surface area contributed by atoms with Crippen molar-refractivity contribution in [3.05, 3.63) is 35.9 Å². The fraction of sp³-hybridized carbons (Fsp3) is 0.154. The van der Waals surface area contributed by atoms with Crippen molar-refractivity contribution in [3.8, 4) is 11.5 Å². The van der Waals surface area contributed by atoms with Gasteiger partial charge in [0.15, 0.2) is 5.82 Å². The Morgan fingerprint density at radius 2 is 1.78 bits per heavy atom. The van der Waals surface area contributed by atoms with Gasteiger partial charge in [-0.2, -0.15) is 0 Å². The number of alkyl halides is 3. The standard InChI is InChI=1S/C13H14F3N5O2/c14-13(15,16)23-8-3-1-7(2-4-8)6-22-9-5-10(17)20-12(21-19)11(9)18/h1-5H,6,18-19H2,(H3,17,20,21). The Morgan fingerprint density at radius 3 is 2.35 bits per heavy atom. The van der Waals surface area contributed by atoms with Crippen LogP contribution in [0.3, 0.4) is 0 Å². The lowest BCUT2D eigenvalue weighted by molar-refractivity contribution is -0.274. The molecular weight excluding hydrogens is 315 g/mol. The van der Waals surface area contributed by atoms with Crippen molar-refractivity contribution in [2.24, 2.45) is 5.84 Å². The van der Waals surface area contributed by atoms with Crippen LogP contribution in [0.25, 0.3) is 0 Å². The SMILES string of the molecule is NNc1nc(N)cc(OCc2ccc(OC(F)(F)F)cc2)c1N. The summed E-state index contributed by atoms with van der Waals surface area (Å²) in [6.45, 7) is 0.0595. The molecular formula is C13H14F3N5O2. The number of anilines is 3. The molecule has 1 aromatic heterocycles. The molecule has 7 N–H and O–H groups in total. The molecule has 7 nitrogen and oxygen atoms in total. The molecule has 124 valence electrons. The van der Waals surface area contributed by atoms with Crippen LogP contribution in [0.15, 0.2) is 30.3 Å². The molecule has 0 fully saturated rings. The molecule has 10 heteroatoms. The molecule has 0 aliphatic heterocycles. The second-order valence-corrected chi connectivity index (χ2v) is 4.43. The second-order valence-electron chi connectivity index (χ2n) is 4.43. The molecule has 0 aliphatic carbocycles. The average Bonchev–Trinajstić information content (AvgIpc) is 2.47. The third kappa shape index (κ3) is 4.54. The number of rotatable bonds is 5. The Labute approximate surface area is 129 Å². The van der Waals surface area contributed by atoms with Crippen LogP contribution in [-0.2, 0) is 6.61 Å². The third-order valence-corrected chi connectivity index (χ3v) is 2.73. The molecule has 1 aromatic carbocycles. The van der Waals surface area contributed by atoms with Gasteiger partial charge in [0.1, 0.15) is 29.6 Å². The van der Waals surface area contributed by atoms with Gasteiger partial charge in [0.2, 0.25) is 0 Å². The maximum Gasteiger partial charge on any atom is 0.573 e. The van der Waals surface area contributed by atoms with Gasteiger partial charge in [-0.25, -0.2) is 10.8 Å². The third-order valence-electron chi connectivity index (χ3n) is 2.73. The lowest BCUT2D eigenvalue weighted by Crippen LogP contribution is -2.17. The highest BCUT2D eigenvalue weighted by Crippen LogP contribution is 2.30. The molecule has 0 bridgehead atoms. The van der Waals surface area contributed by atoms with Crippen LogP contribution >= 0.6 is 0 Å². The van der Waals surface area contributed by atoms with E-state index in [9.17, 15) is 13.2 Å². The zero-order valence-corrected chi connectivity index (χ0v) is 11.7. The highest BCUT2D eigenvalue weighted by atomic mass is 19.4. The van der Waals surface area contributed by atoms with Crippen LogP contribution in [0.5, 0.6) is 11.5 Å². The summed E-state index contributed by atoms with van der Waals surface area (Å²) < 4.78 is 45.5. The van der Waals surface area contributed by atoms with Gasteiger partial charge in [-0.15, -0.1) is 13.2 Å². The van der Waals surface area contributed by atoms with E-state index in [0.717, 1.165) is 0 Å². The minimum Gasteiger partial charge on any atom is -0.486 e. The smallest absolute Gasteiger partial charge is 0.486 e. The Balaban J connectivity index is 2.05. The van der Waals surface area contributed by atoms with E-state index in [-0.39, 0.29) is 35.4 Å². The molecule has 2 aromatic rings. The Hall–Kier alpha value is -2.88. The normalized spacial score (nSPS) is 11.1. The van der Waals surface area contributed by atoms with E-state index >= 15 is 0 Å². The van der Waals surface area contributed by atoms with Crippen molar-refractivity contribution in [2.45, 2.75) is 13.0 Å². The molecule has 1 heterocycles. The zero-order valence-electron chi connectivity index (χ0n) is 11.7. The highest BCUT2D eigenvalue weighted by Gasteiger charge is 2.30. The van der Waals surface area contributed by atoms with Crippen molar-refractivity contribution in [3.63, 3.8) is 0 Å². The van der Waals surface area contributed by atoms with Crippen LogP contribution in [0.4, 0.5) is 30.5 Å². The molecule has 0 aliphatic rings. The van der Waals surface area contributed by atoms with E-state index < -0.39 is 6.36 Å². The van der Waals surface area contributed by atoms with E-state index in [1.165, 1.54) is 30.3 Å². The lowest BCUT2D eigenvalue weighted by atomic mass is 10.2. The van der Waals surface area contributed by atoms with Crippen LogP contribution in [0, 0.1) is 0 Å². The largest absolute Gasteiger partial charge is 0.573 e. The van der Waals surface area contributed by atoms with E-state index in [1.54, 1.807) is 0 Å². The fourth-order valence-electron chi connectivity index (χ4n) is 1.73. The van der Waals surface area contributed by atoms with Crippen LogP contribution < -0.4 is 32.2 Å². The number of nitrogens with one attached hydrogen (secondary N) is 1. The number of hydrazine groups is 1. The fourth-order valence-corrected chi connectivity index (χ4v) is 1.73. The van der Waals surface area contributed by atoms with Gasteiger partial charge in [-0.3, -0.25) is 0 Å². The topological polar surface area (TPSA) is 121 Å². The second kappa shape index (κ2) is 6.48. The Morgan fingerprint density at radius 1 is 1.13 bits per heavy atom. The maximum absolute atomic E-state index is 12.1. The summed E-state index contributed by atoms with van der Waals surface area (Å²) in [6, 6.07) is 6.65. The van der Waals surface area contributed by atoms with Gasteiger partial charge >= 0.3 is 6.36 Å². The van der Waals surface area contributed by atoms with Gasteiger partial charge in [0, 0.05) is 6.07 Å². The van der Waals surface area contributed by atoms with E-state index in [4.69, 9.17) is 22.0 Å². The number of ether oxygens (including phenoxy) is 2. The summed E-state index contributed by atoms with van der Waals surface area (Å²) in [5, 5.41) is 0. The first-order chi connectivity index (χ1) is 10.8. The molecule has 23 heavy (non-hydrogen) atoms. The molecule has 0 spiro atoms. The first-order valence-electron chi connectivity index (χ1n) is 6.28. The number of nitrogen functional groups attached to an aromatic ring is 3. The summed E-state index contributed by atoms with van der Waals surface area (Å²) in [6.07, 6.45) is -4.73. The van der Waals surface area contributed by atoms with Gasteiger partial charge in [-0.05, 0) is 17.7 Å².